The maximum Gasteiger partial charge on any atom is 0.280 e. The first-order valence-corrected chi connectivity index (χ1v) is 5.96. The number of benzene rings is 1. The van der Waals surface area contributed by atoms with Gasteiger partial charge in [0, 0.05) is 19.2 Å². The largest absolute Gasteiger partial charge is 0.496 e. The first-order chi connectivity index (χ1) is 8.72. The maximum atomic E-state index is 11.0. The van der Waals surface area contributed by atoms with E-state index in [1.807, 2.05) is 6.20 Å². The summed E-state index contributed by atoms with van der Waals surface area (Å²) in [4.78, 5) is 12.8. The molecule has 0 aliphatic carbocycles. The van der Waals surface area contributed by atoms with Crippen LogP contribution in [0.1, 0.15) is 18.4 Å². The molecule has 1 aromatic rings. The van der Waals surface area contributed by atoms with E-state index in [9.17, 15) is 10.1 Å². The van der Waals surface area contributed by atoms with Crippen molar-refractivity contribution in [2.24, 2.45) is 0 Å². The number of methoxy groups -OCH3 is 1. The fourth-order valence-corrected chi connectivity index (χ4v) is 2.11. The molecule has 0 radical (unpaired) electrons. The zero-order valence-electron chi connectivity index (χ0n) is 10.3. The number of nitro benzene ring substituents is 1. The van der Waals surface area contributed by atoms with Gasteiger partial charge in [-0.2, -0.15) is 0 Å². The minimum Gasteiger partial charge on any atom is -0.496 e. The fourth-order valence-electron chi connectivity index (χ4n) is 2.11. The molecule has 0 amide bonds. The second-order valence-electron chi connectivity index (χ2n) is 4.21. The van der Waals surface area contributed by atoms with Gasteiger partial charge in [-0.1, -0.05) is 6.07 Å². The molecular formula is C13H16N2O3. The van der Waals surface area contributed by atoms with Gasteiger partial charge in [0.25, 0.3) is 5.69 Å². The van der Waals surface area contributed by atoms with E-state index in [1.165, 1.54) is 26.0 Å². The van der Waals surface area contributed by atoms with Gasteiger partial charge in [-0.3, -0.25) is 10.1 Å². The van der Waals surface area contributed by atoms with Crippen LogP contribution in [0.4, 0.5) is 5.69 Å². The number of rotatable bonds is 4. The molecule has 0 atom stereocenters. The summed E-state index contributed by atoms with van der Waals surface area (Å²) in [6.45, 7) is 2.03. The highest BCUT2D eigenvalue weighted by molar-refractivity contribution is 5.67. The highest BCUT2D eigenvalue weighted by atomic mass is 16.6. The predicted octanol–water partition coefficient (Wildman–Crippen LogP) is 2.67. The van der Waals surface area contributed by atoms with Crippen molar-refractivity contribution in [1.29, 1.82) is 0 Å². The molecule has 1 saturated heterocycles. The zero-order valence-corrected chi connectivity index (χ0v) is 10.3. The molecule has 0 N–H and O–H groups in total. The summed E-state index contributed by atoms with van der Waals surface area (Å²) < 4.78 is 5.18. The molecule has 1 aliphatic heterocycles. The van der Waals surface area contributed by atoms with Gasteiger partial charge in [0.05, 0.1) is 17.6 Å². The second-order valence-corrected chi connectivity index (χ2v) is 4.21. The van der Waals surface area contributed by atoms with Crippen LogP contribution < -0.4 is 4.74 Å². The molecule has 5 heteroatoms. The second kappa shape index (κ2) is 5.53. The molecule has 0 unspecified atom stereocenters. The molecule has 0 bridgehead atoms. The van der Waals surface area contributed by atoms with E-state index in [2.05, 4.69) is 4.90 Å². The van der Waals surface area contributed by atoms with E-state index >= 15 is 0 Å². The van der Waals surface area contributed by atoms with Gasteiger partial charge in [-0.25, -0.2) is 0 Å². The number of likely N-dealkylation sites (tertiary alicyclic amines) is 1. The molecule has 1 heterocycles. The predicted molar refractivity (Wildman–Crippen MR) is 69.5 cm³/mol. The SMILES string of the molecule is COc1cccc([N+](=O)[O-])c1C=CN1CCCC1. The number of ether oxygens (including phenoxy) is 1. The first-order valence-electron chi connectivity index (χ1n) is 5.96. The van der Waals surface area contributed by atoms with Crippen LogP contribution in [0.5, 0.6) is 5.75 Å². The van der Waals surface area contributed by atoms with Crippen LogP contribution in [0, 0.1) is 10.1 Å². The third kappa shape index (κ3) is 2.61. The lowest BCUT2D eigenvalue weighted by atomic mass is 10.1. The molecule has 0 spiro atoms. The Balaban J connectivity index is 2.31. The van der Waals surface area contributed by atoms with Gasteiger partial charge in [0.1, 0.15) is 5.75 Å². The van der Waals surface area contributed by atoms with Gasteiger partial charge in [-0.15, -0.1) is 0 Å². The Morgan fingerprint density at radius 2 is 2.11 bits per heavy atom. The molecule has 96 valence electrons. The van der Waals surface area contributed by atoms with Crippen molar-refractivity contribution in [3.05, 3.63) is 40.1 Å². The lowest BCUT2D eigenvalue weighted by Crippen LogP contribution is -2.10. The zero-order chi connectivity index (χ0) is 13.0. The van der Waals surface area contributed by atoms with Crippen molar-refractivity contribution in [3.63, 3.8) is 0 Å². The molecule has 0 aromatic heterocycles. The quantitative estimate of drug-likeness (QED) is 0.607. The summed E-state index contributed by atoms with van der Waals surface area (Å²) in [5.74, 6) is 0.527. The van der Waals surface area contributed by atoms with Crippen molar-refractivity contribution in [3.8, 4) is 5.75 Å². The molecule has 1 aliphatic rings. The van der Waals surface area contributed by atoms with E-state index in [1.54, 1.807) is 18.2 Å². The van der Waals surface area contributed by atoms with Crippen molar-refractivity contribution >= 4 is 11.8 Å². The Bertz CT molecular complexity index is 465. The number of hydrogen-bond donors (Lipinski definition) is 0. The average Bonchev–Trinajstić information content (AvgIpc) is 2.88. The lowest BCUT2D eigenvalue weighted by molar-refractivity contribution is -0.385. The standard InChI is InChI=1S/C13H16N2O3/c1-18-13-6-4-5-12(15(16)17)11(13)7-10-14-8-2-3-9-14/h4-7,10H,2-3,8-9H2,1H3. The first kappa shape index (κ1) is 12.4. The summed E-state index contributed by atoms with van der Waals surface area (Å²) in [5.41, 5.74) is 0.599. The highest BCUT2D eigenvalue weighted by Gasteiger charge is 2.16. The van der Waals surface area contributed by atoms with Crippen LogP contribution in [0.2, 0.25) is 0 Å². The average molecular weight is 248 g/mol. The minimum atomic E-state index is -0.383. The van der Waals surface area contributed by atoms with Gasteiger partial charge >= 0.3 is 0 Å². The number of nitrogens with zero attached hydrogens (tertiary/aromatic N) is 2. The normalized spacial score (nSPS) is 15.3. The molecule has 2 rings (SSSR count). The Labute approximate surface area is 106 Å². The van der Waals surface area contributed by atoms with Gasteiger partial charge in [-0.05, 0) is 31.2 Å². The minimum absolute atomic E-state index is 0.0739. The Morgan fingerprint density at radius 3 is 2.72 bits per heavy atom. The Morgan fingerprint density at radius 1 is 1.39 bits per heavy atom. The molecular weight excluding hydrogens is 232 g/mol. The van der Waals surface area contributed by atoms with E-state index in [4.69, 9.17) is 4.74 Å². The Kier molecular flexibility index (Phi) is 3.82. The van der Waals surface area contributed by atoms with Crippen LogP contribution in [-0.4, -0.2) is 30.0 Å². The number of nitro groups is 1. The molecule has 18 heavy (non-hydrogen) atoms. The third-order valence-corrected chi connectivity index (χ3v) is 3.05. The van der Waals surface area contributed by atoms with Gasteiger partial charge in [0.2, 0.25) is 0 Å². The lowest BCUT2D eigenvalue weighted by Gasteiger charge is -2.11. The fraction of sp³-hybridized carbons (Fsp3) is 0.385. The van der Waals surface area contributed by atoms with Crippen molar-refractivity contribution in [2.75, 3.05) is 20.2 Å². The van der Waals surface area contributed by atoms with Crippen LogP contribution in [0.3, 0.4) is 0 Å². The highest BCUT2D eigenvalue weighted by Crippen LogP contribution is 2.29. The van der Waals surface area contributed by atoms with Crippen molar-refractivity contribution in [2.45, 2.75) is 12.8 Å². The smallest absolute Gasteiger partial charge is 0.280 e. The monoisotopic (exact) mass is 248 g/mol. The summed E-state index contributed by atoms with van der Waals surface area (Å²) in [6, 6.07) is 4.85. The van der Waals surface area contributed by atoms with Gasteiger partial charge < -0.3 is 9.64 Å². The maximum absolute atomic E-state index is 11.0. The van der Waals surface area contributed by atoms with E-state index in [0.717, 1.165) is 13.1 Å². The Hall–Kier alpha value is -2.04. The topological polar surface area (TPSA) is 55.6 Å². The molecule has 5 nitrogen and oxygen atoms in total. The van der Waals surface area contributed by atoms with E-state index in [0.29, 0.717) is 11.3 Å². The van der Waals surface area contributed by atoms with E-state index in [-0.39, 0.29) is 10.6 Å². The summed E-state index contributed by atoms with van der Waals surface area (Å²) in [7, 11) is 1.52. The molecule has 1 fully saturated rings. The van der Waals surface area contributed by atoms with Crippen molar-refractivity contribution in [1.82, 2.24) is 4.90 Å². The summed E-state index contributed by atoms with van der Waals surface area (Å²) >= 11 is 0. The van der Waals surface area contributed by atoms with Gasteiger partial charge in [0.15, 0.2) is 0 Å². The molecule has 1 aromatic carbocycles. The van der Waals surface area contributed by atoms with Crippen LogP contribution >= 0.6 is 0 Å². The number of hydrogen-bond acceptors (Lipinski definition) is 4. The summed E-state index contributed by atoms with van der Waals surface area (Å²) in [6.07, 6.45) is 6.04. The van der Waals surface area contributed by atoms with Crippen LogP contribution in [0.15, 0.2) is 24.4 Å². The summed E-state index contributed by atoms with van der Waals surface area (Å²) in [5, 5.41) is 11.0. The van der Waals surface area contributed by atoms with Crippen LogP contribution in [-0.2, 0) is 0 Å². The van der Waals surface area contributed by atoms with Crippen LogP contribution in [0.25, 0.3) is 6.08 Å². The van der Waals surface area contributed by atoms with Crippen molar-refractivity contribution < 1.29 is 9.66 Å². The van der Waals surface area contributed by atoms with E-state index < -0.39 is 0 Å². The third-order valence-electron chi connectivity index (χ3n) is 3.05. The molecule has 0 saturated carbocycles.